The summed E-state index contributed by atoms with van der Waals surface area (Å²) >= 11 is 0. The Morgan fingerprint density at radius 3 is 2.11 bits per heavy atom. The second kappa shape index (κ2) is 11.1. The van der Waals surface area contributed by atoms with Crippen LogP contribution in [-0.4, -0.2) is 56.1 Å². The molecule has 0 spiro atoms. The lowest BCUT2D eigenvalue weighted by molar-refractivity contribution is -0.141. The lowest BCUT2D eigenvalue weighted by Gasteiger charge is -2.49. The number of hydrogen-bond acceptors (Lipinski definition) is 4. The first-order valence-corrected chi connectivity index (χ1v) is 15.3. The molecule has 6 heteroatoms. The van der Waals surface area contributed by atoms with Gasteiger partial charge in [0.1, 0.15) is 0 Å². The molecule has 0 aromatic heterocycles. The van der Waals surface area contributed by atoms with Gasteiger partial charge in [-0.1, -0.05) is 82.5 Å². The maximum Gasteiger partial charge on any atom is 0.223 e. The predicted octanol–water partition coefficient (Wildman–Crippen LogP) is 5.71. The molecule has 2 fully saturated rings. The second-order valence-corrected chi connectivity index (χ2v) is 13.8. The van der Waals surface area contributed by atoms with E-state index in [2.05, 4.69) is 54.8 Å². The number of nitrogens with zero attached hydrogens (tertiary/aromatic N) is 2. The number of carbonyl (C=O) groups excluding carboxylic acids is 1. The number of piperazine rings is 1. The van der Waals surface area contributed by atoms with Gasteiger partial charge in [0.05, 0.1) is 10.9 Å². The first kappa shape index (κ1) is 26.9. The number of benzene rings is 2. The number of amides is 1. The van der Waals surface area contributed by atoms with Crippen molar-refractivity contribution in [3.8, 4) is 0 Å². The Labute approximate surface area is 217 Å². The van der Waals surface area contributed by atoms with Gasteiger partial charge in [0.25, 0.3) is 0 Å². The van der Waals surface area contributed by atoms with E-state index >= 15 is 0 Å². The summed E-state index contributed by atoms with van der Waals surface area (Å²) in [5, 5.41) is 0. The molecule has 2 aliphatic rings. The largest absolute Gasteiger partial charge is 0.337 e. The molecule has 1 heterocycles. The van der Waals surface area contributed by atoms with Gasteiger partial charge in [-0.05, 0) is 47.4 Å². The van der Waals surface area contributed by atoms with Crippen molar-refractivity contribution < 1.29 is 13.2 Å². The van der Waals surface area contributed by atoms with Gasteiger partial charge in [0.2, 0.25) is 5.91 Å². The molecule has 36 heavy (non-hydrogen) atoms. The zero-order valence-corrected chi connectivity index (χ0v) is 23.1. The summed E-state index contributed by atoms with van der Waals surface area (Å²) in [6, 6.07) is 17.8. The maximum atomic E-state index is 13.5. The normalized spacial score (nSPS) is 21.3. The Morgan fingerprint density at radius 1 is 0.917 bits per heavy atom. The molecule has 2 atom stereocenters. The third kappa shape index (κ3) is 6.38. The smallest absolute Gasteiger partial charge is 0.223 e. The fourth-order valence-corrected chi connectivity index (χ4v) is 6.61. The summed E-state index contributed by atoms with van der Waals surface area (Å²) in [6.45, 7) is 9.00. The molecule has 5 nitrogen and oxygen atoms in total. The van der Waals surface area contributed by atoms with Crippen molar-refractivity contribution in [2.24, 2.45) is 11.3 Å². The van der Waals surface area contributed by atoms with Crippen molar-refractivity contribution in [3.05, 3.63) is 65.7 Å². The van der Waals surface area contributed by atoms with Crippen LogP contribution in [0.3, 0.4) is 0 Å². The molecule has 0 N–H and O–H groups in total. The van der Waals surface area contributed by atoms with Crippen molar-refractivity contribution in [3.63, 3.8) is 0 Å². The van der Waals surface area contributed by atoms with E-state index in [1.807, 2.05) is 18.2 Å². The highest BCUT2D eigenvalue weighted by molar-refractivity contribution is 7.90. The third-order valence-corrected chi connectivity index (χ3v) is 9.15. The van der Waals surface area contributed by atoms with Crippen LogP contribution >= 0.6 is 0 Å². The Kier molecular flexibility index (Phi) is 8.25. The summed E-state index contributed by atoms with van der Waals surface area (Å²) in [5.41, 5.74) is 2.20. The Morgan fingerprint density at radius 2 is 1.53 bits per heavy atom. The highest BCUT2D eigenvalue weighted by atomic mass is 32.2. The van der Waals surface area contributed by atoms with Crippen LogP contribution in [0.1, 0.15) is 76.5 Å². The maximum absolute atomic E-state index is 13.5. The van der Waals surface area contributed by atoms with Crippen LogP contribution in [0.4, 0.5) is 0 Å². The van der Waals surface area contributed by atoms with Crippen LogP contribution in [-0.2, 0) is 14.6 Å². The topological polar surface area (TPSA) is 57.7 Å². The van der Waals surface area contributed by atoms with Gasteiger partial charge in [-0.15, -0.1) is 0 Å². The van der Waals surface area contributed by atoms with Gasteiger partial charge in [-0.3, -0.25) is 9.69 Å². The summed E-state index contributed by atoms with van der Waals surface area (Å²) < 4.78 is 24.1. The van der Waals surface area contributed by atoms with E-state index in [9.17, 15) is 13.2 Å². The van der Waals surface area contributed by atoms with Gasteiger partial charge in [0.15, 0.2) is 9.84 Å². The first-order valence-electron chi connectivity index (χ1n) is 13.4. The van der Waals surface area contributed by atoms with Crippen LogP contribution in [0.25, 0.3) is 0 Å². The van der Waals surface area contributed by atoms with E-state index in [4.69, 9.17) is 0 Å². The minimum Gasteiger partial charge on any atom is -0.337 e. The Balaban J connectivity index is 1.60. The zero-order chi connectivity index (χ0) is 25.9. The molecule has 1 saturated carbocycles. The lowest BCUT2D eigenvalue weighted by atomic mass is 9.82. The van der Waals surface area contributed by atoms with E-state index in [0.717, 1.165) is 25.2 Å². The fourth-order valence-electron chi connectivity index (χ4n) is 5.98. The molecule has 1 unspecified atom stereocenters. The molecule has 2 aromatic carbocycles. The highest BCUT2D eigenvalue weighted by Gasteiger charge is 2.40. The van der Waals surface area contributed by atoms with Crippen molar-refractivity contribution in [2.45, 2.75) is 76.3 Å². The Hall–Kier alpha value is -2.18. The second-order valence-electron chi connectivity index (χ2n) is 11.8. The average Bonchev–Trinajstić information content (AvgIpc) is 2.85. The standard InChI is InChI=1S/C30H42N2O3S/c1-30(2,3)27-22-31(19-20-32(27)28(33)21-23-11-7-5-8-12-23)29(24-13-9-6-10-14-24)25-15-17-26(18-16-25)36(4,34)35/h6,9-10,13-18,23,27,29H,5,7-8,11-12,19-22H2,1-4H3/t27-,29?/m1/s1. The Bertz CT molecular complexity index is 1120. The average molecular weight is 511 g/mol. The summed E-state index contributed by atoms with van der Waals surface area (Å²) in [6.07, 6.45) is 8.11. The van der Waals surface area contributed by atoms with Crippen molar-refractivity contribution in [1.29, 1.82) is 0 Å². The minimum absolute atomic E-state index is 0.000238. The molecule has 1 aliphatic heterocycles. The molecular weight excluding hydrogens is 468 g/mol. The van der Waals surface area contributed by atoms with Crippen molar-refractivity contribution >= 4 is 15.7 Å². The number of rotatable bonds is 6. The summed E-state index contributed by atoms with van der Waals surface area (Å²) in [5.74, 6) is 0.852. The van der Waals surface area contributed by atoms with E-state index in [1.54, 1.807) is 12.1 Å². The number of carbonyl (C=O) groups is 1. The lowest BCUT2D eigenvalue weighted by Crippen LogP contribution is -2.60. The molecule has 196 valence electrons. The van der Waals surface area contributed by atoms with Crippen molar-refractivity contribution in [2.75, 3.05) is 25.9 Å². The van der Waals surface area contributed by atoms with Crippen LogP contribution < -0.4 is 0 Å². The molecule has 2 aromatic rings. The van der Waals surface area contributed by atoms with E-state index in [-0.39, 0.29) is 17.5 Å². The molecule has 4 rings (SSSR count). The molecule has 0 bridgehead atoms. The monoisotopic (exact) mass is 510 g/mol. The SMILES string of the molecule is CC(C)(C)[C@H]1CN(C(c2ccccc2)c2ccc(S(C)(=O)=O)cc2)CCN1C(=O)CC1CCCCC1. The van der Waals surface area contributed by atoms with E-state index in [1.165, 1.54) is 43.9 Å². The molecular formula is C30H42N2O3S. The summed E-state index contributed by atoms with van der Waals surface area (Å²) in [7, 11) is -3.25. The predicted molar refractivity (Wildman–Crippen MR) is 146 cm³/mol. The van der Waals surface area contributed by atoms with Gasteiger partial charge in [-0.25, -0.2) is 8.42 Å². The van der Waals surface area contributed by atoms with Crippen LogP contribution in [0, 0.1) is 11.3 Å². The van der Waals surface area contributed by atoms with Gasteiger partial charge in [0, 0.05) is 38.4 Å². The number of hydrogen-bond donors (Lipinski definition) is 0. The first-order chi connectivity index (χ1) is 17.0. The van der Waals surface area contributed by atoms with Gasteiger partial charge >= 0.3 is 0 Å². The number of sulfone groups is 1. The summed E-state index contributed by atoms with van der Waals surface area (Å²) in [4.78, 5) is 18.5. The molecule has 1 saturated heterocycles. The van der Waals surface area contributed by atoms with Gasteiger partial charge in [-0.2, -0.15) is 0 Å². The fraction of sp³-hybridized carbons (Fsp3) is 0.567. The van der Waals surface area contributed by atoms with Crippen LogP contribution in [0.5, 0.6) is 0 Å². The highest BCUT2D eigenvalue weighted by Crippen LogP contribution is 2.36. The van der Waals surface area contributed by atoms with E-state index < -0.39 is 9.84 Å². The third-order valence-electron chi connectivity index (χ3n) is 8.02. The van der Waals surface area contributed by atoms with Gasteiger partial charge < -0.3 is 4.90 Å². The van der Waals surface area contributed by atoms with E-state index in [0.29, 0.717) is 23.1 Å². The quantitative estimate of drug-likeness (QED) is 0.500. The van der Waals surface area contributed by atoms with Crippen LogP contribution in [0.15, 0.2) is 59.5 Å². The molecule has 0 radical (unpaired) electrons. The van der Waals surface area contributed by atoms with Crippen molar-refractivity contribution in [1.82, 2.24) is 9.80 Å². The molecule has 1 amide bonds. The molecule has 1 aliphatic carbocycles. The zero-order valence-electron chi connectivity index (χ0n) is 22.3. The minimum atomic E-state index is -3.25. The van der Waals surface area contributed by atoms with Crippen LogP contribution in [0.2, 0.25) is 0 Å².